The Bertz CT molecular complexity index is 795. The molecule has 0 saturated heterocycles. The van der Waals surface area contributed by atoms with E-state index in [2.05, 4.69) is 5.32 Å². The first kappa shape index (κ1) is 20.0. The first-order valence-corrected chi connectivity index (χ1v) is 9.34. The standard InChI is InChI=1S/C20H23FN2O2S/c1-14-7-6-9-17(15(14)2)22-19(24)13-23(3)20(25)11-12-26-18-10-5-4-8-16(18)21/h4-10H,11-13H2,1-3H3,(H,22,24). The molecule has 2 aromatic carbocycles. The summed E-state index contributed by atoms with van der Waals surface area (Å²) in [5.74, 6) is -0.213. The first-order chi connectivity index (χ1) is 12.4. The Balaban J connectivity index is 1.80. The lowest BCUT2D eigenvalue weighted by molar-refractivity contribution is -0.132. The minimum absolute atomic E-state index is 0.0173. The molecule has 2 amide bonds. The molecule has 1 N–H and O–H groups in total. The average molecular weight is 374 g/mol. The maximum atomic E-state index is 13.5. The van der Waals surface area contributed by atoms with E-state index in [1.807, 2.05) is 32.0 Å². The van der Waals surface area contributed by atoms with Gasteiger partial charge in [-0.2, -0.15) is 0 Å². The van der Waals surface area contributed by atoms with Gasteiger partial charge in [0, 0.05) is 29.8 Å². The molecular formula is C20H23FN2O2S. The van der Waals surface area contributed by atoms with Crippen LogP contribution < -0.4 is 5.32 Å². The number of benzene rings is 2. The van der Waals surface area contributed by atoms with Crippen LogP contribution in [0.3, 0.4) is 0 Å². The summed E-state index contributed by atoms with van der Waals surface area (Å²) in [6, 6.07) is 12.2. The molecule has 0 aliphatic rings. The van der Waals surface area contributed by atoms with Crippen molar-refractivity contribution in [3.05, 3.63) is 59.4 Å². The number of carbonyl (C=O) groups is 2. The number of hydrogen-bond donors (Lipinski definition) is 1. The lowest BCUT2D eigenvalue weighted by Crippen LogP contribution is -2.35. The third kappa shape index (κ3) is 5.59. The Morgan fingerprint density at radius 2 is 1.85 bits per heavy atom. The third-order valence-corrected chi connectivity index (χ3v) is 5.15. The Kier molecular flexibility index (Phi) is 7.21. The molecule has 0 heterocycles. The van der Waals surface area contributed by atoms with Gasteiger partial charge in [-0.15, -0.1) is 11.8 Å². The summed E-state index contributed by atoms with van der Waals surface area (Å²) in [6.07, 6.45) is 0.242. The van der Waals surface area contributed by atoms with E-state index >= 15 is 0 Å². The molecular weight excluding hydrogens is 351 g/mol. The van der Waals surface area contributed by atoms with E-state index < -0.39 is 0 Å². The lowest BCUT2D eigenvalue weighted by atomic mass is 10.1. The maximum Gasteiger partial charge on any atom is 0.243 e. The maximum absolute atomic E-state index is 13.5. The molecule has 0 aliphatic heterocycles. The number of halogens is 1. The van der Waals surface area contributed by atoms with E-state index in [0.29, 0.717) is 10.6 Å². The van der Waals surface area contributed by atoms with Gasteiger partial charge in [0.15, 0.2) is 0 Å². The molecule has 2 rings (SSSR count). The summed E-state index contributed by atoms with van der Waals surface area (Å²) in [5.41, 5.74) is 2.86. The molecule has 4 nitrogen and oxygen atoms in total. The van der Waals surface area contributed by atoms with Crippen LogP contribution >= 0.6 is 11.8 Å². The van der Waals surface area contributed by atoms with E-state index in [1.54, 1.807) is 25.2 Å². The fraction of sp³-hybridized carbons (Fsp3) is 0.300. The quantitative estimate of drug-likeness (QED) is 0.745. The summed E-state index contributed by atoms with van der Waals surface area (Å²) >= 11 is 1.29. The minimum atomic E-state index is -0.286. The van der Waals surface area contributed by atoms with Crippen LogP contribution in [0.1, 0.15) is 17.5 Å². The van der Waals surface area contributed by atoms with Crippen molar-refractivity contribution in [2.45, 2.75) is 25.2 Å². The van der Waals surface area contributed by atoms with Crippen LogP contribution in [0.5, 0.6) is 0 Å². The molecule has 0 fully saturated rings. The van der Waals surface area contributed by atoms with Gasteiger partial charge in [0.1, 0.15) is 5.82 Å². The predicted molar refractivity (Wildman–Crippen MR) is 104 cm³/mol. The van der Waals surface area contributed by atoms with Gasteiger partial charge in [-0.3, -0.25) is 9.59 Å². The molecule has 0 saturated carbocycles. The second kappa shape index (κ2) is 9.38. The number of thioether (sulfide) groups is 1. The van der Waals surface area contributed by atoms with Crippen molar-refractivity contribution in [3.63, 3.8) is 0 Å². The summed E-state index contributed by atoms with van der Waals surface area (Å²) in [6.45, 7) is 3.91. The molecule has 2 aromatic rings. The number of likely N-dealkylation sites (N-methyl/N-ethyl adjacent to an activating group) is 1. The second-order valence-corrected chi connectivity index (χ2v) is 7.21. The SMILES string of the molecule is Cc1cccc(NC(=O)CN(C)C(=O)CCSc2ccccc2F)c1C. The number of amides is 2. The van der Waals surface area contributed by atoms with Gasteiger partial charge >= 0.3 is 0 Å². The summed E-state index contributed by atoms with van der Waals surface area (Å²) in [5, 5.41) is 2.84. The highest BCUT2D eigenvalue weighted by atomic mass is 32.2. The number of carbonyl (C=O) groups excluding carboxylic acids is 2. The van der Waals surface area contributed by atoms with Crippen LogP contribution in [0, 0.1) is 19.7 Å². The van der Waals surface area contributed by atoms with Crippen molar-refractivity contribution in [1.82, 2.24) is 4.90 Å². The van der Waals surface area contributed by atoms with E-state index in [1.165, 1.54) is 22.7 Å². The van der Waals surface area contributed by atoms with Crippen LogP contribution in [-0.2, 0) is 9.59 Å². The zero-order valence-electron chi connectivity index (χ0n) is 15.2. The predicted octanol–water partition coefficient (Wildman–Crippen LogP) is 4.02. The number of nitrogens with zero attached hydrogens (tertiary/aromatic N) is 1. The zero-order valence-corrected chi connectivity index (χ0v) is 16.0. The highest BCUT2D eigenvalue weighted by Gasteiger charge is 2.14. The molecule has 0 unspecified atom stereocenters. The van der Waals surface area contributed by atoms with Crippen LogP contribution in [0.25, 0.3) is 0 Å². The second-order valence-electron chi connectivity index (χ2n) is 6.07. The normalized spacial score (nSPS) is 10.5. The summed E-state index contributed by atoms with van der Waals surface area (Å²) in [4.78, 5) is 26.3. The lowest BCUT2D eigenvalue weighted by Gasteiger charge is -2.17. The van der Waals surface area contributed by atoms with Crippen LogP contribution in [-0.4, -0.2) is 36.1 Å². The molecule has 26 heavy (non-hydrogen) atoms. The van der Waals surface area contributed by atoms with Crippen LogP contribution in [0.4, 0.5) is 10.1 Å². The van der Waals surface area contributed by atoms with Gasteiger partial charge in [0.05, 0.1) is 6.54 Å². The first-order valence-electron chi connectivity index (χ1n) is 8.36. The summed E-state index contributed by atoms with van der Waals surface area (Å²) < 4.78 is 13.5. The van der Waals surface area contributed by atoms with Crippen molar-refractivity contribution in [3.8, 4) is 0 Å². The Morgan fingerprint density at radius 1 is 1.12 bits per heavy atom. The van der Waals surface area contributed by atoms with Gasteiger partial charge in [0.25, 0.3) is 0 Å². The number of hydrogen-bond acceptors (Lipinski definition) is 3. The van der Waals surface area contributed by atoms with Crippen molar-refractivity contribution in [1.29, 1.82) is 0 Å². The van der Waals surface area contributed by atoms with Gasteiger partial charge in [-0.05, 0) is 43.2 Å². The molecule has 6 heteroatoms. The zero-order chi connectivity index (χ0) is 19.1. The number of rotatable bonds is 7. The van der Waals surface area contributed by atoms with Crippen molar-refractivity contribution >= 4 is 29.3 Å². The molecule has 0 bridgehead atoms. The molecule has 0 atom stereocenters. The summed E-state index contributed by atoms with van der Waals surface area (Å²) in [7, 11) is 1.60. The van der Waals surface area contributed by atoms with E-state index in [-0.39, 0.29) is 30.6 Å². The van der Waals surface area contributed by atoms with Crippen LogP contribution in [0.2, 0.25) is 0 Å². The monoisotopic (exact) mass is 374 g/mol. The smallest absolute Gasteiger partial charge is 0.243 e. The van der Waals surface area contributed by atoms with Gasteiger partial charge < -0.3 is 10.2 Å². The van der Waals surface area contributed by atoms with Gasteiger partial charge in [0.2, 0.25) is 11.8 Å². The average Bonchev–Trinajstić information content (AvgIpc) is 2.60. The van der Waals surface area contributed by atoms with E-state index in [4.69, 9.17) is 0 Å². The third-order valence-electron chi connectivity index (χ3n) is 4.10. The largest absolute Gasteiger partial charge is 0.336 e. The van der Waals surface area contributed by atoms with Gasteiger partial charge in [-0.1, -0.05) is 24.3 Å². The van der Waals surface area contributed by atoms with Crippen molar-refractivity contribution in [2.24, 2.45) is 0 Å². The number of anilines is 1. The van der Waals surface area contributed by atoms with Crippen molar-refractivity contribution < 1.29 is 14.0 Å². The molecule has 0 aromatic heterocycles. The number of aryl methyl sites for hydroxylation is 1. The Morgan fingerprint density at radius 3 is 2.58 bits per heavy atom. The van der Waals surface area contributed by atoms with Crippen LogP contribution in [0.15, 0.2) is 47.4 Å². The van der Waals surface area contributed by atoms with Crippen molar-refractivity contribution in [2.75, 3.05) is 24.7 Å². The Hall–Kier alpha value is -2.34. The molecule has 0 spiro atoms. The minimum Gasteiger partial charge on any atom is -0.336 e. The van der Waals surface area contributed by atoms with E-state index in [9.17, 15) is 14.0 Å². The fourth-order valence-corrected chi connectivity index (χ4v) is 3.26. The van der Waals surface area contributed by atoms with E-state index in [0.717, 1.165) is 16.8 Å². The highest BCUT2D eigenvalue weighted by molar-refractivity contribution is 7.99. The molecule has 138 valence electrons. The molecule has 0 radical (unpaired) electrons. The highest BCUT2D eigenvalue weighted by Crippen LogP contribution is 2.22. The topological polar surface area (TPSA) is 49.4 Å². The number of nitrogens with one attached hydrogen (secondary N) is 1. The van der Waals surface area contributed by atoms with Gasteiger partial charge in [-0.25, -0.2) is 4.39 Å². The fourth-order valence-electron chi connectivity index (χ4n) is 2.38. The molecule has 0 aliphatic carbocycles. The Labute approximate surface area is 157 Å².